The number of hydrogen-bond acceptors (Lipinski definition) is 3. The zero-order valence-corrected chi connectivity index (χ0v) is 22.2. The zero-order valence-electron chi connectivity index (χ0n) is 22.2. The number of hydrogen-bond donors (Lipinski definition) is 3. The van der Waals surface area contributed by atoms with E-state index in [1.807, 2.05) is 0 Å². The van der Waals surface area contributed by atoms with Gasteiger partial charge >= 0.3 is 0 Å². The molecule has 0 unspecified atom stereocenters. The standard InChI is InChI=1S/C28H57N3O2/c1-3-4-5-6-7-8-9-10-11-12-13-14-16-23-28(33)31-26(2)21-18-20-25-30-27(32)22-17-15-19-24-29/h26H,3-25,29H2,1-2H3,(H,30,32)(H,31,33)/t26-/m1/s1. The molecule has 33 heavy (non-hydrogen) atoms. The van der Waals surface area contributed by atoms with Crippen molar-refractivity contribution in [2.24, 2.45) is 5.73 Å². The summed E-state index contributed by atoms with van der Waals surface area (Å²) >= 11 is 0. The Morgan fingerprint density at radius 2 is 1.12 bits per heavy atom. The molecule has 0 aliphatic carbocycles. The monoisotopic (exact) mass is 467 g/mol. The lowest BCUT2D eigenvalue weighted by atomic mass is 10.0. The van der Waals surface area contributed by atoms with Crippen LogP contribution in [0.25, 0.3) is 0 Å². The first-order valence-corrected chi connectivity index (χ1v) is 14.4. The molecule has 0 saturated carbocycles. The average molecular weight is 468 g/mol. The van der Waals surface area contributed by atoms with Gasteiger partial charge in [-0.3, -0.25) is 9.59 Å². The minimum absolute atomic E-state index is 0.145. The molecule has 0 aromatic rings. The lowest BCUT2D eigenvalue weighted by Gasteiger charge is -2.14. The Labute approximate surface area is 205 Å². The summed E-state index contributed by atoms with van der Waals surface area (Å²) in [7, 11) is 0. The van der Waals surface area contributed by atoms with E-state index in [9.17, 15) is 9.59 Å². The highest BCUT2D eigenvalue weighted by Crippen LogP contribution is 2.13. The first-order valence-electron chi connectivity index (χ1n) is 14.4. The topological polar surface area (TPSA) is 84.2 Å². The number of carbonyl (C=O) groups excluding carboxylic acids is 2. The van der Waals surface area contributed by atoms with E-state index in [0.29, 0.717) is 19.4 Å². The van der Waals surface area contributed by atoms with Crippen LogP contribution < -0.4 is 16.4 Å². The molecule has 4 N–H and O–H groups in total. The summed E-state index contributed by atoms with van der Waals surface area (Å²) in [6.45, 7) is 5.79. The Hall–Kier alpha value is -1.10. The summed E-state index contributed by atoms with van der Waals surface area (Å²) in [6.07, 6.45) is 24.4. The third-order valence-electron chi connectivity index (χ3n) is 6.41. The van der Waals surface area contributed by atoms with Crippen LogP contribution in [-0.2, 0) is 9.59 Å². The lowest BCUT2D eigenvalue weighted by Crippen LogP contribution is -2.32. The van der Waals surface area contributed by atoms with Gasteiger partial charge in [-0.15, -0.1) is 0 Å². The summed E-state index contributed by atoms with van der Waals surface area (Å²) in [5.74, 6) is 0.336. The van der Waals surface area contributed by atoms with E-state index in [1.165, 1.54) is 77.0 Å². The van der Waals surface area contributed by atoms with Gasteiger partial charge in [0.15, 0.2) is 0 Å². The molecule has 0 fully saturated rings. The molecule has 0 heterocycles. The Kier molecular flexibility index (Phi) is 24.7. The molecular weight excluding hydrogens is 410 g/mol. The Morgan fingerprint density at radius 3 is 1.67 bits per heavy atom. The molecule has 0 spiro atoms. The Balaban J connectivity index is 3.38. The van der Waals surface area contributed by atoms with E-state index in [2.05, 4.69) is 24.5 Å². The maximum absolute atomic E-state index is 12.1. The maximum atomic E-state index is 12.1. The molecule has 2 amide bonds. The van der Waals surface area contributed by atoms with Crippen molar-refractivity contribution in [2.45, 2.75) is 155 Å². The number of rotatable bonds is 25. The number of nitrogens with two attached hydrogens (primary N) is 1. The second-order valence-corrected chi connectivity index (χ2v) is 9.91. The summed E-state index contributed by atoms with van der Waals surface area (Å²) in [4.78, 5) is 23.8. The van der Waals surface area contributed by atoms with E-state index < -0.39 is 0 Å². The minimum Gasteiger partial charge on any atom is -0.356 e. The van der Waals surface area contributed by atoms with Gasteiger partial charge in [-0.05, 0) is 52.0 Å². The predicted molar refractivity (Wildman–Crippen MR) is 142 cm³/mol. The molecule has 0 aliphatic heterocycles. The Morgan fingerprint density at radius 1 is 0.636 bits per heavy atom. The second kappa shape index (κ2) is 25.5. The van der Waals surface area contributed by atoms with Crippen molar-refractivity contribution in [3.63, 3.8) is 0 Å². The van der Waals surface area contributed by atoms with E-state index >= 15 is 0 Å². The number of carbonyl (C=O) groups is 2. The van der Waals surface area contributed by atoms with Crippen LogP contribution in [0.4, 0.5) is 0 Å². The van der Waals surface area contributed by atoms with Gasteiger partial charge in [-0.2, -0.15) is 0 Å². The van der Waals surface area contributed by atoms with Crippen molar-refractivity contribution in [3.8, 4) is 0 Å². The smallest absolute Gasteiger partial charge is 0.220 e. The van der Waals surface area contributed by atoms with Crippen LogP contribution in [0.1, 0.15) is 149 Å². The van der Waals surface area contributed by atoms with Crippen LogP contribution in [0.15, 0.2) is 0 Å². The molecule has 196 valence electrons. The molecule has 0 saturated heterocycles. The third-order valence-corrected chi connectivity index (χ3v) is 6.41. The quantitative estimate of drug-likeness (QED) is 0.129. The number of amides is 2. The van der Waals surface area contributed by atoms with Crippen molar-refractivity contribution in [1.29, 1.82) is 0 Å². The van der Waals surface area contributed by atoms with Crippen molar-refractivity contribution >= 4 is 11.8 Å². The van der Waals surface area contributed by atoms with Gasteiger partial charge in [0.1, 0.15) is 0 Å². The fourth-order valence-electron chi connectivity index (χ4n) is 4.22. The van der Waals surface area contributed by atoms with Crippen molar-refractivity contribution in [1.82, 2.24) is 10.6 Å². The lowest BCUT2D eigenvalue weighted by molar-refractivity contribution is -0.122. The third kappa shape index (κ3) is 25.4. The van der Waals surface area contributed by atoms with E-state index in [4.69, 9.17) is 5.73 Å². The van der Waals surface area contributed by atoms with Crippen LogP contribution in [0.2, 0.25) is 0 Å². The van der Waals surface area contributed by atoms with Crippen LogP contribution in [-0.4, -0.2) is 30.9 Å². The molecular formula is C28H57N3O2. The molecule has 5 nitrogen and oxygen atoms in total. The van der Waals surface area contributed by atoms with Gasteiger partial charge in [0.2, 0.25) is 11.8 Å². The summed E-state index contributed by atoms with van der Waals surface area (Å²) in [5.41, 5.74) is 5.46. The first kappa shape index (κ1) is 31.9. The van der Waals surface area contributed by atoms with Crippen LogP contribution in [0.5, 0.6) is 0 Å². The highest BCUT2D eigenvalue weighted by Gasteiger charge is 2.07. The summed E-state index contributed by atoms with van der Waals surface area (Å²) in [6, 6.07) is 0.214. The molecule has 0 aromatic carbocycles. The van der Waals surface area contributed by atoms with Crippen molar-refractivity contribution < 1.29 is 9.59 Å². The highest BCUT2D eigenvalue weighted by atomic mass is 16.2. The van der Waals surface area contributed by atoms with Crippen LogP contribution in [0.3, 0.4) is 0 Å². The van der Waals surface area contributed by atoms with Gasteiger partial charge in [-0.25, -0.2) is 0 Å². The predicted octanol–water partition coefficient (Wildman–Crippen LogP) is 6.78. The molecule has 0 radical (unpaired) electrons. The summed E-state index contributed by atoms with van der Waals surface area (Å²) < 4.78 is 0. The molecule has 0 aromatic heterocycles. The van der Waals surface area contributed by atoms with Gasteiger partial charge < -0.3 is 16.4 Å². The second-order valence-electron chi connectivity index (χ2n) is 9.91. The first-order chi connectivity index (χ1) is 16.1. The molecule has 0 aliphatic rings. The molecule has 0 rings (SSSR count). The zero-order chi connectivity index (χ0) is 24.4. The summed E-state index contributed by atoms with van der Waals surface area (Å²) in [5, 5.41) is 6.11. The van der Waals surface area contributed by atoms with Crippen molar-refractivity contribution in [2.75, 3.05) is 13.1 Å². The average Bonchev–Trinajstić information content (AvgIpc) is 2.79. The highest BCUT2D eigenvalue weighted by molar-refractivity contribution is 5.76. The Bertz CT molecular complexity index is 443. The van der Waals surface area contributed by atoms with Crippen molar-refractivity contribution in [3.05, 3.63) is 0 Å². The normalized spacial score (nSPS) is 12.0. The number of nitrogens with one attached hydrogen (secondary N) is 2. The molecule has 1 atom stereocenters. The SMILES string of the molecule is CCCCCCCCCCCCCCCC(=O)N[C@H](C)CCCCNC(=O)CCCCCN. The maximum Gasteiger partial charge on any atom is 0.220 e. The fourth-order valence-corrected chi connectivity index (χ4v) is 4.22. The van der Waals surface area contributed by atoms with E-state index in [-0.39, 0.29) is 17.9 Å². The van der Waals surface area contributed by atoms with Gasteiger partial charge in [0.25, 0.3) is 0 Å². The molecule has 0 bridgehead atoms. The van der Waals surface area contributed by atoms with Crippen LogP contribution >= 0.6 is 0 Å². The van der Waals surface area contributed by atoms with Gasteiger partial charge in [0, 0.05) is 25.4 Å². The number of unbranched alkanes of at least 4 members (excludes halogenated alkanes) is 15. The fraction of sp³-hybridized carbons (Fsp3) is 0.929. The largest absolute Gasteiger partial charge is 0.356 e. The van der Waals surface area contributed by atoms with E-state index in [1.54, 1.807) is 0 Å². The van der Waals surface area contributed by atoms with Gasteiger partial charge in [0.05, 0.1) is 0 Å². The minimum atomic E-state index is 0.145. The van der Waals surface area contributed by atoms with Crippen LogP contribution in [0, 0.1) is 0 Å². The van der Waals surface area contributed by atoms with E-state index in [0.717, 1.165) is 51.5 Å². The molecule has 5 heteroatoms. The van der Waals surface area contributed by atoms with Gasteiger partial charge in [-0.1, -0.05) is 90.4 Å².